The molecule has 1 heterocycles. The van der Waals surface area contributed by atoms with Gasteiger partial charge in [-0.25, -0.2) is 0 Å². The molecule has 2 N–H and O–H groups in total. The smallest absolute Gasteiger partial charge is 0.263 e. The van der Waals surface area contributed by atoms with Gasteiger partial charge in [0.15, 0.2) is 6.10 Å². The Morgan fingerprint density at radius 2 is 2.23 bits per heavy atom. The molecule has 1 fully saturated rings. The number of hydrogen-bond donors (Lipinski definition) is 1. The third kappa shape index (κ3) is 4.37. The number of rotatable bonds is 4. The van der Waals surface area contributed by atoms with Crippen molar-refractivity contribution in [2.75, 3.05) is 13.1 Å². The number of likely N-dealkylation sites (tertiary alicyclic amines) is 1. The van der Waals surface area contributed by atoms with Gasteiger partial charge in [0, 0.05) is 24.2 Å². The van der Waals surface area contributed by atoms with Crippen molar-refractivity contribution in [3.8, 4) is 5.75 Å². The molecule has 3 atom stereocenters. The Morgan fingerprint density at radius 1 is 1.50 bits per heavy atom. The van der Waals surface area contributed by atoms with E-state index >= 15 is 0 Å². The number of benzene rings is 1. The number of amides is 1. The van der Waals surface area contributed by atoms with E-state index in [0.29, 0.717) is 23.2 Å². The molecule has 122 valence electrons. The number of nitrogens with zero attached hydrogens (tertiary/aromatic N) is 1. The van der Waals surface area contributed by atoms with E-state index in [0.717, 1.165) is 23.9 Å². The summed E-state index contributed by atoms with van der Waals surface area (Å²) in [5.41, 5.74) is 5.98. The average Bonchev–Trinajstić information content (AvgIpc) is 2.49. The fourth-order valence-electron chi connectivity index (χ4n) is 2.71. The number of halogens is 2. The largest absolute Gasteiger partial charge is 0.480 e. The van der Waals surface area contributed by atoms with E-state index in [4.69, 9.17) is 22.1 Å². The first kappa shape index (κ1) is 17.6. The zero-order chi connectivity index (χ0) is 16.3. The molecular formula is C16H22BrClN2O2. The Bertz CT molecular complexity index is 539. The molecule has 0 aliphatic carbocycles. The molecule has 22 heavy (non-hydrogen) atoms. The van der Waals surface area contributed by atoms with Crippen LogP contribution in [0.4, 0.5) is 0 Å². The van der Waals surface area contributed by atoms with Crippen LogP contribution in [0.15, 0.2) is 22.7 Å². The Balaban J connectivity index is 1.99. The molecule has 0 bridgehead atoms. The summed E-state index contributed by atoms with van der Waals surface area (Å²) in [6.45, 7) is 5.27. The molecule has 1 aromatic carbocycles. The average molecular weight is 390 g/mol. The van der Waals surface area contributed by atoms with Crippen LogP contribution in [0.2, 0.25) is 5.02 Å². The van der Waals surface area contributed by atoms with Crippen LogP contribution in [-0.2, 0) is 4.79 Å². The second kappa shape index (κ2) is 7.66. The van der Waals surface area contributed by atoms with Crippen molar-refractivity contribution in [1.29, 1.82) is 0 Å². The van der Waals surface area contributed by atoms with Crippen molar-refractivity contribution < 1.29 is 9.53 Å². The van der Waals surface area contributed by atoms with Crippen LogP contribution < -0.4 is 10.5 Å². The third-order valence-corrected chi connectivity index (χ3v) is 4.91. The van der Waals surface area contributed by atoms with Gasteiger partial charge in [0.05, 0.1) is 4.47 Å². The zero-order valence-electron chi connectivity index (χ0n) is 12.9. The SMILES string of the molecule is C[C@H](Oc1ccc(Cl)cc1Br)C(=O)N1CCC[C@@H]([C@H](C)N)C1. The van der Waals surface area contributed by atoms with Crippen molar-refractivity contribution in [3.05, 3.63) is 27.7 Å². The highest BCUT2D eigenvalue weighted by atomic mass is 79.9. The van der Waals surface area contributed by atoms with E-state index in [1.165, 1.54) is 0 Å². The van der Waals surface area contributed by atoms with Crippen molar-refractivity contribution in [3.63, 3.8) is 0 Å². The quantitative estimate of drug-likeness (QED) is 0.858. The molecule has 2 rings (SSSR count). The lowest BCUT2D eigenvalue weighted by atomic mass is 9.92. The normalized spacial score (nSPS) is 21.3. The summed E-state index contributed by atoms with van der Waals surface area (Å²) in [6, 6.07) is 5.36. The highest BCUT2D eigenvalue weighted by Gasteiger charge is 2.29. The lowest BCUT2D eigenvalue weighted by Crippen LogP contribution is -2.48. The van der Waals surface area contributed by atoms with Crippen molar-refractivity contribution in [2.45, 2.75) is 38.8 Å². The van der Waals surface area contributed by atoms with Gasteiger partial charge in [-0.2, -0.15) is 0 Å². The van der Waals surface area contributed by atoms with Gasteiger partial charge in [-0.1, -0.05) is 11.6 Å². The van der Waals surface area contributed by atoms with Crippen LogP contribution in [0.25, 0.3) is 0 Å². The number of carbonyl (C=O) groups is 1. The van der Waals surface area contributed by atoms with Crippen LogP contribution in [0.3, 0.4) is 0 Å². The second-order valence-electron chi connectivity index (χ2n) is 5.88. The lowest BCUT2D eigenvalue weighted by Gasteiger charge is -2.35. The minimum absolute atomic E-state index is 0.00667. The Morgan fingerprint density at radius 3 is 2.86 bits per heavy atom. The van der Waals surface area contributed by atoms with Crippen LogP contribution >= 0.6 is 27.5 Å². The van der Waals surface area contributed by atoms with Gasteiger partial charge in [-0.05, 0) is 66.7 Å². The van der Waals surface area contributed by atoms with Gasteiger partial charge in [0.25, 0.3) is 5.91 Å². The molecular weight excluding hydrogens is 368 g/mol. The predicted octanol–water partition coefficient (Wildman–Crippen LogP) is 3.46. The number of ether oxygens (including phenoxy) is 1. The number of nitrogens with two attached hydrogens (primary N) is 1. The van der Waals surface area contributed by atoms with Crippen LogP contribution in [0.1, 0.15) is 26.7 Å². The molecule has 6 heteroatoms. The maximum atomic E-state index is 12.6. The van der Waals surface area contributed by atoms with Gasteiger partial charge in [-0.15, -0.1) is 0 Å². The molecule has 4 nitrogen and oxygen atoms in total. The molecule has 0 saturated carbocycles. The van der Waals surface area contributed by atoms with E-state index in [1.54, 1.807) is 25.1 Å². The van der Waals surface area contributed by atoms with Gasteiger partial charge < -0.3 is 15.4 Å². The monoisotopic (exact) mass is 388 g/mol. The molecule has 0 radical (unpaired) electrons. The maximum Gasteiger partial charge on any atom is 0.263 e. The molecule has 1 amide bonds. The lowest BCUT2D eigenvalue weighted by molar-refractivity contribution is -0.139. The maximum absolute atomic E-state index is 12.6. The first-order valence-electron chi connectivity index (χ1n) is 7.54. The Labute approximate surface area is 145 Å². The summed E-state index contributed by atoms with van der Waals surface area (Å²) in [7, 11) is 0. The van der Waals surface area contributed by atoms with Gasteiger partial charge in [0.2, 0.25) is 0 Å². The fraction of sp³-hybridized carbons (Fsp3) is 0.562. The van der Waals surface area contributed by atoms with E-state index in [1.807, 2.05) is 11.8 Å². The molecule has 1 aliphatic heterocycles. The van der Waals surface area contributed by atoms with E-state index < -0.39 is 6.10 Å². The molecule has 1 aliphatic rings. The molecule has 0 unspecified atom stereocenters. The fourth-order valence-corrected chi connectivity index (χ4v) is 3.48. The van der Waals surface area contributed by atoms with Crippen molar-refractivity contribution in [1.82, 2.24) is 4.90 Å². The van der Waals surface area contributed by atoms with Crippen LogP contribution in [-0.4, -0.2) is 36.0 Å². The van der Waals surface area contributed by atoms with E-state index in [9.17, 15) is 4.79 Å². The predicted molar refractivity (Wildman–Crippen MR) is 92.2 cm³/mol. The van der Waals surface area contributed by atoms with Crippen LogP contribution in [0.5, 0.6) is 5.75 Å². The summed E-state index contributed by atoms with van der Waals surface area (Å²) in [6.07, 6.45) is 1.54. The Kier molecular flexibility index (Phi) is 6.12. The zero-order valence-corrected chi connectivity index (χ0v) is 15.2. The molecule has 1 aromatic rings. The molecule has 1 saturated heterocycles. The highest BCUT2D eigenvalue weighted by molar-refractivity contribution is 9.10. The number of carbonyl (C=O) groups excluding carboxylic acids is 1. The van der Waals surface area contributed by atoms with Crippen molar-refractivity contribution >= 4 is 33.4 Å². The second-order valence-corrected chi connectivity index (χ2v) is 7.17. The Hall–Kier alpha value is -0.780. The summed E-state index contributed by atoms with van der Waals surface area (Å²) < 4.78 is 6.53. The first-order chi connectivity index (χ1) is 10.4. The highest BCUT2D eigenvalue weighted by Crippen LogP contribution is 2.29. The van der Waals surface area contributed by atoms with Crippen molar-refractivity contribution in [2.24, 2.45) is 11.7 Å². The molecule has 0 spiro atoms. The van der Waals surface area contributed by atoms with Crippen LogP contribution in [0, 0.1) is 5.92 Å². The summed E-state index contributed by atoms with van der Waals surface area (Å²) in [4.78, 5) is 14.4. The van der Waals surface area contributed by atoms with E-state index in [2.05, 4.69) is 15.9 Å². The minimum atomic E-state index is -0.538. The number of piperidine rings is 1. The topological polar surface area (TPSA) is 55.6 Å². The summed E-state index contributed by atoms with van der Waals surface area (Å²) >= 11 is 9.31. The third-order valence-electron chi connectivity index (χ3n) is 4.06. The molecule has 0 aromatic heterocycles. The first-order valence-corrected chi connectivity index (χ1v) is 8.71. The standard InChI is InChI=1S/C16H22BrClN2O2/c1-10(19)12-4-3-7-20(9-12)16(21)11(2)22-15-6-5-13(18)8-14(15)17/h5-6,8,10-12H,3-4,7,9,19H2,1-2H3/t10-,11-,12+/m0/s1. The summed E-state index contributed by atoms with van der Waals surface area (Å²) in [5.74, 6) is 0.991. The number of hydrogen-bond acceptors (Lipinski definition) is 3. The van der Waals surface area contributed by atoms with E-state index in [-0.39, 0.29) is 11.9 Å². The van der Waals surface area contributed by atoms with Gasteiger partial charge in [-0.3, -0.25) is 4.79 Å². The summed E-state index contributed by atoms with van der Waals surface area (Å²) in [5, 5.41) is 0.619. The van der Waals surface area contributed by atoms with Gasteiger partial charge in [0.1, 0.15) is 5.75 Å². The minimum Gasteiger partial charge on any atom is -0.480 e. The van der Waals surface area contributed by atoms with Gasteiger partial charge >= 0.3 is 0 Å².